The molecule has 1 amide bonds. The van der Waals surface area contributed by atoms with Gasteiger partial charge in [-0.1, -0.05) is 12.1 Å². The van der Waals surface area contributed by atoms with Gasteiger partial charge in [0, 0.05) is 6.54 Å². The first-order valence-electron chi connectivity index (χ1n) is 8.70. The fourth-order valence-electron chi connectivity index (χ4n) is 2.88. The number of benzene rings is 2. The van der Waals surface area contributed by atoms with Crippen molar-refractivity contribution < 1.29 is 14.3 Å². The van der Waals surface area contributed by atoms with Crippen LogP contribution in [0.25, 0.3) is 11.0 Å². The van der Waals surface area contributed by atoms with Crippen molar-refractivity contribution in [3.05, 3.63) is 54.4 Å². The van der Waals surface area contributed by atoms with E-state index >= 15 is 0 Å². The third-order valence-electron chi connectivity index (χ3n) is 4.18. The molecule has 6 heteroatoms. The van der Waals surface area contributed by atoms with E-state index in [4.69, 9.17) is 9.47 Å². The Kier molecular flexibility index (Phi) is 6.09. The number of hydrogen-bond acceptors (Lipinski definition) is 4. The number of aromatic nitrogens is 2. The number of carbonyl (C=O) groups excluding carboxylic acids is 1. The minimum absolute atomic E-state index is 0.431. The first kappa shape index (κ1) is 17.8. The summed E-state index contributed by atoms with van der Waals surface area (Å²) in [6.07, 6.45) is 2.59. The fourth-order valence-corrected chi connectivity index (χ4v) is 2.88. The lowest BCUT2D eigenvalue weighted by atomic mass is 10.3. The SMILES string of the molecule is COc1ccc(OCCCCn2c(CNC=O)nc3ccccc32)cc1. The molecule has 0 unspecified atom stereocenters. The summed E-state index contributed by atoms with van der Waals surface area (Å²) >= 11 is 0. The topological polar surface area (TPSA) is 65.4 Å². The lowest BCUT2D eigenvalue weighted by molar-refractivity contribution is -0.109. The third-order valence-corrected chi connectivity index (χ3v) is 4.18. The van der Waals surface area contributed by atoms with Gasteiger partial charge in [0.05, 0.1) is 31.3 Å². The number of para-hydroxylation sites is 2. The molecule has 2 aromatic carbocycles. The van der Waals surface area contributed by atoms with Crippen LogP contribution in [0.15, 0.2) is 48.5 Å². The molecule has 0 saturated carbocycles. The summed E-state index contributed by atoms with van der Waals surface area (Å²) in [5.74, 6) is 2.53. The molecule has 26 heavy (non-hydrogen) atoms. The molecule has 1 heterocycles. The van der Waals surface area contributed by atoms with Gasteiger partial charge in [-0.2, -0.15) is 0 Å². The quantitative estimate of drug-likeness (QED) is 0.449. The molecule has 6 nitrogen and oxygen atoms in total. The second kappa shape index (κ2) is 8.89. The Morgan fingerprint density at radius 1 is 1.08 bits per heavy atom. The van der Waals surface area contributed by atoms with Crippen molar-refractivity contribution in [2.75, 3.05) is 13.7 Å². The fraction of sp³-hybridized carbons (Fsp3) is 0.300. The number of methoxy groups -OCH3 is 1. The Labute approximate surface area is 152 Å². The molecular weight excluding hydrogens is 330 g/mol. The molecule has 1 aromatic heterocycles. The van der Waals surface area contributed by atoms with E-state index in [0.29, 0.717) is 19.6 Å². The number of carbonyl (C=O) groups is 1. The highest BCUT2D eigenvalue weighted by Crippen LogP contribution is 2.19. The summed E-state index contributed by atoms with van der Waals surface area (Å²) in [5, 5.41) is 2.70. The molecule has 0 fully saturated rings. The molecule has 3 aromatic rings. The van der Waals surface area contributed by atoms with E-state index in [-0.39, 0.29) is 0 Å². The van der Waals surface area contributed by atoms with Crippen LogP contribution in [0.3, 0.4) is 0 Å². The van der Waals surface area contributed by atoms with Crippen LogP contribution >= 0.6 is 0 Å². The van der Waals surface area contributed by atoms with Crippen LogP contribution in [-0.4, -0.2) is 29.7 Å². The first-order chi connectivity index (χ1) is 12.8. The summed E-state index contributed by atoms with van der Waals surface area (Å²) in [6, 6.07) is 15.6. The van der Waals surface area contributed by atoms with Crippen LogP contribution in [0, 0.1) is 0 Å². The van der Waals surface area contributed by atoms with Crippen molar-refractivity contribution in [3.8, 4) is 11.5 Å². The predicted molar refractivity (Wildman–Crippen MR) is 100 cm³/mol. The molecule has 1 N–H and O–H groups in total. The van der Waals surface area contributed by atoms with Crippen molar-refractivity contribution in [2.24, 2.45) is 0 Å². The van der Waals surface area contributed by atoms with Gasteiger partial charge in [0.15, 0.2) is 0 Å². The van der Waals surface area contributed by atoms with E-state index in [1.165, 1.54) is 0 Å². The number of imidazole rings is 1. The van der Waals surface area contributed by atoms with E-state index in [2.05, 4.69) is 20.9 Å². The average Bonchev–Trinajstić information content (AvgIpc) is 3.04. The number of fused-ring (bicyclic) bond motifs is 1. The molecule has 0 bridgehead atoms. The number of nitrogens with zero attached hydrogens (tertiary/aromatic N) is 2. The maximum atomic E-state index is 10.6. The summed E-state index contributed by atoms with van der Waals surface area (Å²) in [7, 11) is 1.65. The number of amides is 1. The largest absolute Gasteiger partial charge is 0.497 e. The maximum Gasteiger partial charge on any atom is 0.207 e. The minimum Gasteiger partial charge on any atom is -0.497 e. The van der Waals surface area contributed by atoms with Gasteiger partial charge in [0.2, 0.25) is 6.41 Å². The van der Waals surface area contributed by atoms with Crippen molar-refractivity contribution in [3.63, 3.8) is 0 Å². The van der Waals surface area contributed by atoms with Gasteiger partial charge in [-0.15, -0.1) is 0 Å². The summed E-state index contributed by atoms with van der Waals surface area (Å²) in [4.78, 5) is 15.2. The van der Waals surface area contributed by atoms with E-state index in [9.17, 15) is 4.79 Å². The molecule has 0 aliphatic heterocycles. The Bertz CT molecular complexity index is 843. The van der Waals surface area contributed by atoms with E-state index in [1.807, 2.05) is 42.5 Å². The maximum absolute atomic E-state index is 10.6. The summed E-state index contributed by atoms with van der Waals surface area (Å²) in [5.41, 5.74) is 2.04. The second-order valence-corrected chi connectivity index (χ2v) is 5.90. The number of rotatable bonds is 10. The zero-order chi connectivity index (χ0) is 18.2. The molecule has 0 spiro atoms. The minimum atomic E-state index is 0.431. The Balaban J connectivity index is 1.54. The summed E-state index contributed by atoms with van der Waals surface area (Å²) < 4.78 is 13.1. The molecule has 136 valence electrons. The van der Waals surface area contributed by atoms with Crippen LogP contribution < -0.4 is 14.8 Å². The van der Waals surface area contributed by atoms with E-state index in [0.717, 1.165) is 47.7 Å². The van der Waals surface area contributed by atoms with Crippen molar-refractivity contribution in [1.29, 1.82) is 0 Å². The van der Waals surface area contributed by atoms with Crippen LogP contribution in [-0.2, 0) is 17.9 Å². The number of ether oxygens (including phenoxy) is 2. The molecule has 3 rings (SSSR count). The zero-order valence-electron chi connectivity index (χ0n) is 14.9. The Morgan fingerprint density at radius 3 is 2.62 bits per heavy atom. The predicted octanol–water partition coefficient (Wildman–Crippen LogP) is 3.15. The van der Waals surface area contributed by atoms with Gasteiger partial charge in [-0.3, -0.25) is 4.79 Å². The molecular formula is C20H23N3O3. The lowest BCUT2D eigenvalue weighted by Gasteiger charge is -2.10. The summed E-state index contributed by atoms with van der Waals surface area (Å²) in [6.45, 7) is 1.92. The molecule has 0 saturated heterocycles. The number of aryl methyl sites for hydroxylation is 1. The molecule has 0 aliphatic rings. The van der Waals surface area contributed by atoms with Crippen molar-refractivity contribution in [1.82, 2.24) is 14.9 Å². The monoisotopic (exact) mass is 353 g/mol. The standard InChI is InChI=1S/C20H23N3O3/c1-25-16-8-10-17(11-9-16)26-13-5-4-12-23-19-7-3-2-6-18(19)22-20(23)14-21-15-24/h2-3,6-11,15H,4-5,12-14H2,1H3,(H,21,24). The van der Waals surface area contributed by atoms with Crippen LogP contribution in [0.4, 0.5) is 0 Å². The Hall–Kier alpha value is -3.02. The van der Waals surface area contributed by atoms with Gasteiger partial charge < -0.3 is 19.4 Å². The normalized spacial score (nSPS) is 10.7. The Morgan fingerprint density at radius 2 is 1.85 bits per heavy atom. The molecule has 0 radical (unpaired) electrons. The van der Waals surface area contributed by atoms with Crippen molar-refractivity contribution >= 4 is 17.4 Å². The van der Waals surface area contributed by atoms with Crippen LogP contribution in [0.5, 0.6) is 11.5 Å². The van der Waals surface area contributed by atoms with E-state index in [1.54, 1.807) is 7.11 Å². The van der Waals surface area contributed by atoms with Crippen molar-refractivity contribution in [2.45, 2.75) is 25.9 Å². The molecule has 0 atom stereocenters. The van der Waals surface area contributed by atoms with E-state index < -0.39 is 0 Å². The third kappa shape index (κ3) is 4.33. The number of hydrogen-bond donors (Lipinski definition) is 1. The van der Waals surface area contributed by atoms with Gasteiger partial charge in [0.1, 0.15) is 17.3 Å². The van der Waals surface area contributed by atoms with Gasteiger partial charge >= 0.3 is 0 Å². The second-order valence-electron chi connectivity index (χ2n) is 5.90. The first-order valence-corrected chi connectivity index (χ1v) is 8.70. The highest BCUT2D eigenvalue weighted by Gasteiger charge is 2.09. The molecule has 0 aliphatic carbocycles. The smallest absolute Gasteiger partial charge is 0.207 e. The highest BCUT2D eigenvalue weighted by atomic mass is 16.5. The zero-order valence-corrected chi connectivity index (χ0v) is 14.9. The number of unbranched alkanes of at least 4 members (excludes halogenated alkanes) is 1. The highest BCUT2D eigenvalue weighted by molar-refractivity contribution is 5.75. The van der Waals surface area contributed by atoms with Crippen LogP contribution in [0.1, 0.15) is 18.7 Å². The van der Waals surface area contributed by atoms with Crippen LogP contribution in [0.2, 0.25) is 0 Å². The lowest BCUT2D eigenvalue weighted by Crippen LogP contribution is -2.15. The number of nitrogens with one attached hydrogen (secondary N) is 1. The van der Waals surface area contributed by atoms with Gasteiger partial charge in [-0.25, -0.2) is 4.98 Å². The van der Waals surface area contributed by atoms with Gasteiger partial charge in [0.25, 0.3) is 0 Å². The van der Waals surface area contributed by atoms with Gasteiger partial charge in [-0.05, 0) is 49.2 Å². The average molecular weight is 353 g/mol.